The Morgan fingerprint density at radius 1 is 1.86 bits per heavy atom. The zero-order valence-electron chi connectivity index (χ0n) is 4.43. The Bertz CT molecular complexity index is 120. The van der Waals surface area contributed by atoms with E-state index in [1.807, 2.05) is 6.92 Å². The van der Waals surface area contributed by atoms with Crippen molar-refractivity contribution in [2.75, 3.05) is 0 Å². The zero-order valence-corrected chi connectivity index (χ0v) is 4.43. The summed E-state index contributed by atoms with van der Waals surface area (Å²) in [6.45, 7) is 3.56. The van der Waals surface area contributed by atoms with Crippen molar-refractivity contribution in [1.82, 2.24) is 0 Å². The fourth-order valence-electron chi connectivity index (χ4n) is 0.137. The molecule has 0 aromatic carbocycles. The van der Waals surface area contributed by atoms with Crippen molar-refractivity contribution in [3.8, 4) is 0 Å². The first-order valence-corrected chi connectivity index (χ1v) is 2.02. The Kier molecular flexibility index (Phi) is 2.90. The van der Waals surface area contributed by atoms with Gasteiger partial charge in [-0.2, -0.15) is 4.99 Å². The van der Waals surface area contributed by atoms with Crippen LogP contribution in [0, 0.1) is 0 Å². The Balaban J connectivity index is 3.82. The molecule has 0 N–H and O–H groups in total. The van der Waals surface area contributed by atoms with Crippen molar-refractivity contribution in [2.24, 2.45) is 4.99 Å². The molecule has 0 atom stereocenters. The van der Waals surface area contributed by atoms with Gasteiger partial charge in [-0.05, 0) is 13.8 Å². The summed E-state index contributed by atoms with van der Waals surface area (Å²) in [6, 6.07) is 0. The molecular formula is C5H7NO. The molecule has 0 rings (SSSR count). The van der Waals surface area contributed by atoms with Gasteiger partial charge in [0.15, 0.2) is 0 Å². The zero-order chi connectivity index (χ0) is 5.70. The summed E-state index contributed by atoms with van der Waals surface area (Å²) < 4.78 is 0. The fraction of sp³-hybridized carbons (Fsp3) is 0.400. The summed E-state index contributed by atoms with van der Waals surface area (Å²) in [5.41, 5.74) is 0.704. The van der Waals surface area contributed by atoms with Gasteiger partial charge < -0.3 is 0 Å². The van der Waals surface area contributed by atoms with Crippen molar-refractivity contribution in [2.45, 2.75) is 13.8 Å². The Morgan fingerprint density at radius 3 is 2.57 bits per heavy atom. The SMILES string of the molecule is CC=C(C)N=C=O. The van der Waals surface area contributed by atoms with Crippen molar-refractivity contribution >= 4 is 6.08 Å². The van der Waals surface area contributed by atoms with Crippen LogP contribution in [-0.4, -0.2) is 6.08 Å². The molecule has 0 aliphatic carbocycles. The van der Waals surface area contributed by atoms with Gasteiger partial charge in [-0.25, -0.2) is 4.79 Å². The van der Waals surface area contributed by atoms with E-state index >= 15 is 0 Å². The van der Waals surface area contributed by atoms with E-state index in [1.165, 1.54) is 6.08 Å². The maximum absolute atomic E-state index is 9.44. The molecule has 0 fully saturated rings. The lowest BCUT2D eigenvalue weighted by Crippen LogP contribution is -1.61. The molecule has 0 radical (unpaired) electrons. The first kappa shape index (κ1) is 6.12. The molecular weight excluding hydrogens is 90.1 g/mol. The van der Waals surface area contributed by atoms with E-state index in [2.05, 4.69) is 4.99 Å². The lowest BCUT2D eigenvalue weighted by Gasteiger charge is -1.76. The van der Waals surface area contributed by atoms with Gasteiger partial charge in [0.25, 0.3) is 0 Å². The fourth-order valence-corrected chi connectivity index (χ4v) is 0.137. The highest BCUT2D eigenvalue weighted by molar-refractivity contribution is 5.36. The number of rotatable bonds is 1. The van der Waals surface area contributed by atoms with E-state index in [0.717, 1.165) is 0 Å². The highest BCUT2D eigenvalue weighted by Crippen LogP contribution is 1.88. The molecule has 2 nitrogen and oxygen atoms in total. The third-order valence-electron chi connectivity index (χ3n) is 0.640. The normalized spacial score (nSPS) is 10.3. The highest BCUT2D eigenvalue weighted by Gasteiger charge is 1.72. The first-order chi connectivity index (χ1) is 3.31. The quantitative estimate of drug-likeness (QED) is 0.357. The van der Waals surface area contributed by atoms with E-state index < -0.39 is 0 Å². The van der Waals surface area contributed by atoms with Gasteiger partial charge in [0, 0.05) is 5.70 Å². The number of nitrogens with zero attached hydrogens (tertiary/aromatic N) is 1. The third kappa shape index (κ3) is 2.94. The molecule has 0 unspecified atom stereocenters. The van der Waals surface area contributed by atoms with E-state index in [1.54, 1.807) is 13.0 Å². The number of hydrogen-bond donors (Lipinski definition) is 0. The number of allylic oxidation sites excluding steroid dienone is 2. The molecule has 0 saturated carbocycles. The van der Waals surface area contributed by atoms with E-state index in [9.17, 15) is 4.79 Å². The van der Waals surface area contributed by atoms with Crippen molar-refractivity contribution in [1.29, 1.82) is 0 Å². The van der Waals surface area contributed by atoms with Gasteiger partial charge in [-0.1, -0.05) is 6.08 Å². The van der Waals surface area contributed by atoms with Crippen molar-refractivity contribution in [3.63, 3.8) is 0 Å². The molecule has 0 aromatic heterocycles. The molecule has 2 heteroatoms. The minimum atomic E-state index is 0.704. The molecule has 0 aliphatic heterocycles. The van der Waals surface area contributed by atoms with Gasteiger partial charge in [-0.3, -0.25) is 0 Å². The number of carbonyl (C=O) groups excluding carboxylic acids is 1. The summed E-state index contributed by atoms with van der Waals surface area (Å²) in [6.07, 6.45) is 3.17. The monoisotopic (exact) mass is 97.1 g/mol. The van der Waals surface area contributed by atoms with Crippen LogP contribution in [0.15, 0.2) is 16.8 Å². The van der Waals surface area contributed by atoms with Gasteiger partial charge in [0.2, 0.25) is 6.08 Å². The summed E-state index contributed by atoms with van der Waals surface area (Å²) >= 11 is 0. The topological polar surface area (TPSA) is 29.4 Å². The summed E-state index contributed by atoms with van der Waals surface area (Å²) in [5.74, 6) is 0. The highest BCUT2D eigenvalue weighted by atomic mass is 16.1. The van der Waals surface area contributed by atoms with Crippen LogP contribution in [-0.2, 0) is 4.79 Å². The molecule has 7 heavy (non-hydrogen) atoms. The van der Waals surface area contributed by atoms with E-state index in [0.29, 0.717) is 5.70 Å². The minimum Gasteiger partial charge on any atom is -0.211 e. The van der Waals surface area contributed by atoms with Crippen LogP contribution in [0.2, 0.25) is 0 Å². The number of isocyanates is 1. The number of aliphatic imine (C=N–C) groups is 1. The average Bonchev–Trinajstić information content (AvgIpc) is 1.68. The Hall–Kier alpha value is -0.880. The largest absolute Gasteiger partial charge is 0.240 e. The predicted molar refractivity (Wildman–Crippen MR) is 27.6 cm³/mol. The van der Waals surface area contributed by atoms with E-state index in [-0.39, 0.29) is 0 Å². The maximum atomic E-state index is 9.44. The Morgan fingerprint density at radius 2 is 2.43 bits per heavy atom. The van der Waals surface area contributed by atoms with Crippen LogP contribution in [0.5, 0.6) is 0 Å². The lowest BCUT2D eigenvalue weighted by molar-refractivity contribution is 0.564. The molecule has 0 aromatic rings. The molecule has 0 aliphatic rings. The predicted octanol–water partition coefficient (Wildman–Crippen LogP) is 1.25. The average molecular weight is 97.1 g/mol. The molecule has 38 valence electrons. The summed E-state index contributed by atoms with van der Waals surface area (Å²) in [5, 5.41) is 0. The molecule has 0 amide bonds. The second-order valence-electron chi connectivity index (χ2n) is 1.13. The summed E-state index contributed by atoms with van der Waals surface area (Å²) in [7, 11) is 0. The first-order valence-electron chi connectivity index (χ1n) is 2.02. The van der Waals surface area contributed by atoms with Crippen molar-refractivity contribution in [3.05, 3.63) is 11.8 Å². The van der Waals surface area contributed by atoms with Crippen LogP contribution in [0.3, 0.4) is 0 Å². The molecule has 0 saturated heterocycles. The van der Waals surface area contributed by atoms with Crippen LogP contribution < -0.4 is 0 Å². The van der Waals surface area contributed by atoms with E-state index in [4.69, 9.17) is 0 Å². The van der Waals surface area contributed by atoms with Crippen LogP contribution in [0.1, 0.15) is 13.8 Å². The molecule has 0 bridgehead atoms. The molecule has 0 heterocycles. The van der Waals surface area contributed by atoms with Gasteiger partial charge in [-0.15, -0.1) is 0 Å². The minimum absolute atomic E-state index is 0.704. The Labute approximate surface area is 42.6 Å². The van der Waals surface area contributed by atoms with Crippen molar-refractivity contribution < 1.29 is 4.79 Å². The smallest absolute Gasteiger partial charge is 0.211 e. The maximum Gasteiger partial charge on any atom is 0.240 e. The van der Waals surface area contributed by atoms with Gasteiger partial charge >= 0.3 is 0 Å². The van der Waals surface area contributed by atoms with Crippen LogP contribution >= 0.6 is 0 Å². The standard InChI is InChI=1S/C5H7NO/c1-3-5(2)6-4-7/h3H,1-2H3. The second kappa shape index (κ2) is 3.32. The van der Waals surface area contributed by atoms with Crippen LogP contribution in [0.25, 0.3) is 0 Å². The molecule has 0 spiro atoms. The van der Waals surface area contributed by atoms with Crippen LogP contribution in [0.4, 0.5) is 0 Å². The lowest BCUT2D eigenvalue weighted by atomic mass is 10.5. The van der Waals surface area contributed by atoms with Gasteiger partial charge in [0.05, 0.1) is 0 Å². The second-order valence-corrected chi connectivity index (χ2v) is 1.13. The van der Waals surface area contributed by atoms with Gasteiger partial charge in [0.1, 0.15) is 0 Å². The number of hydrogen-bond acceptors (Lipinski definition) is 2. The summed E-state index contributed by atoms with van der Waals surface area (Å²) in [4.78, 5) is 12.7. The third-order valence-corrected chi connectivity index (χ3v) is 0.640.